The van der Waals surface area contributed by atoms with Crippen LogP contribution in [-0.2, 0) is 9.59 Å². The van der Waals surface area contributed by atoms with Crippen LogP contribution >= 0.6 is 0 Å². The molecule has 1 fully saturated rings. The normalized spacial score (nSPS) is 25.4. The van der Waals surface area contributed by atoms with E-state index in [0.29, 0.717) is 13.0 Å². The third kappa shape index (κ3) is 1.50. The van der Waals surface area contributed by atoms with Crippen molar-refractivity contribution in [2.45, 2.75) is 12.8 Å². The van der Waals surface area contributed by atoms with Gasteiger partial charge in [0.25, 0.3) is 0 Å². The van der Waals surface area contributed by atoms with Gasteiger partial charge in [0.15, 0.2) is 0 Å². The lowest BCUT2D eigenvalue weighted by Gasteiger charge is -2.26. The zero-order chi connectivity index (χ0) is 8.43. The molecule has 0 aliphatic carbocycles. The molecule has 0 unspecified atom stereocenters. The summed E-state index contributed by atoms with van der Waals surface area (Å²) in [6.45, 7) is 0.683. The van der Waals surface area contributed by atoms with Crippen molar-refractivity contribution in [1.29, 1.82) is 0 Å². The zero-order valence-electron chi connectivity index (χ0n) is 6.41. The number of hydrogen-bond donors (Lipinski definition) is 1. The zero-order valence-corrected chi connectivity index (χ0v) is 6.41. The number of piperidine rings is 1. The Kier molecular flexibility index (Phi) is 2.12. The average molecular weight is 157 g/mol. The Morgan fingerprint density at radius 2 is 2.36 bits per heavy atom. The second-order valence-electron chi connectivity index (χ2n) is 2.79. The molecule has 0 aromatic heterocycles. The molecule has 1 aliphatic rings. The van der Waals surface area contributed by atoms with Crippen molar-refractivity contribution in [2.24, 2.45) is 5.92 Å². The van der Waals surface area contributed by atoms with Crippen LogP contribution in [0.1, 0.15) is 12.8 Å². The molecule has 1 heterocycles. The number of rotatable bonds is 1. The fourth-order valence-corrected chi connectivity index (χ4v) is 1.26. The SMILES string of the molecule is CN1CCC[C@@H](C(=O)O)C1=O. The molecule has 4 nitrogen and oxygen atoms in total. The van der Waals surface area contributed by atoms with Crippen molar-refractivity contribution in [2.75, 3.05) is 13.6 Å². The van der Waals surface area contributed by atoms with Crippen LogP contribution in [0.2, 0.25) is 0 Å². The Bertz CT molecular complexity index is 190. The van der Waals surface area contributed by atoms with E-state index >= 15 is 0 Å². The lowest BCUT2D eigenvalue weighted by Crippen LogP contribution is -2.41. The topological polar surface area (TPSA) is 57.6 Å². The predicted octanol–water partition coefficient (Wildman–Crippen LogP) is -0.0606. The summed E-state index contributed by atoms with van der Waals surface area (Å²) in [6.07, 6.45) is 1.28. The van der Waals surface area contributed by atoms with Crippen LogP contribution in [0.15, 0.2) is 0 Å². The lowest BCUT2D eigenvalue weighted by atomic mass is 9.98. The summed E-state index contributed by atoms with van der Waals surface area (Å²) in [4.78, 5) is 23.0. The molecule has 1 aliphatic heterocycles. The Hall–Kier alpha value is -1.06. The summed E-state index contributed by atoms with van der Waals surface area (Å²) in [5.74, 6) is -2.06. The Balaban J connectivity index is 2.66. The molecule has 62 valence electrons. The van der Waals surface area contributed by atoms with E-state index in [2.05, 4.69) is 0 Å². The van der Waals surface area contributed by atoms with E-state index < -0.39 is 11.9 Å². The molecule has 4 heteroatoms. The summed E-state index contributed by atoms with van der Waals surface area (Å²) in [7, 11) is 1.64. The quantitative estimate of drug-likeness (QED) is 0.542. The average Bonchev–Trinajstić information content (AvgIpc) is 1.94. The van der Waals surface area contributed by atoms with Gasteiger partial charge in [-0.25, -0.2) is 0 Å². The largest absolute Gasteiger partial charge is 0.481 e. The number of carboxylic acid groups (broad SMARTS) is 1. The van der Waals surface area contributed by atoms with Gasteiger partial charge in [0.1, 0.15) is 5.92 Å². The van der Waals surface area contributed by atoms with Gasteiger partial charge < -0.3 is 10.0 Å². The van der Waals surface area contributed by atoms with Gasteiger partial charge >= 0.3 is 5.97 Å². The number of amides is 1. The van der Waals surface area contributed by atoms with Crippen molar-refractivity contribution in [3.63, 3.8) is 0 Å². The van der Waals surface area contributed by atoms with E-state index in [1.54, 1.807) is 7.05 Å². The molecular formula is C7H11NO3. The molecule has 0 aromatic carbocycles. The van der Waals surface area contributed by atoms with Crippen LogP contribution in [0.4, 0.5) is 0 Å². The fraction of sp³-hybridized carbons (Fsp3) is 0.714. The van der Waals surface area contributed by atoms with Gasteiger partial charge in [-0.15, -0.1) is 0 Å². The van der Waals surface area contributed by atoms with Crippen molar-refractivity contribution >= 4 is 11.9 Å². The molecule has 1 atom stereocenters. The van der Waals surface area contributed by atoms with E-state index in [0.717, 1.165) is 6.42 Å². The van der Waals surface area contributed by atoms with Crippen LogP contribution < -0.4 is 0 Å². The van der Waals surface area contributed by atoms with E-state index in [1.165, 1.54) is 4.90 Å². The van der Waals surface area contributed by atoms with Gasteiger partial charge in [0.05, 0.1) is 0 Å². The summed E-state index contributed by atoms with van der Waals surface area (Å²) in [5, 5.41) is 8.58. The van der Waals surface area contributed by atoms with Crippen LogP contribution in [0.5, 0.6) is 0 Å². The first-order valence-corrected chi connectivity index (χ1v) is 3.60. The maximum Gasteiger partial charge on any atom is 0.316 e. The van der Waals surface area contributed by atoms with E-state index in [1.807, 2.05) is 0 Å². The number of carbonyl (C=O) groups is 2. The summed E-state index contributed by atoms with van der Waals surface area (Å²) in [5.41, 5.74) is 0. The first kappa shape index (κ1) is 8.04. The van der Waals surface area contributed by atoms with Crippen LogP contribution in [-0.4, -0.2) is 35.5 Å². The summed E-state index contributed by atoms with van der Waals surface area (Å²) in [6, 6.07) is 0. The minimum absolute atomic E-state index is 0.260. The highest BCUT2D eigenvalue weighted by Crippen LogP contribution is 2.16. The van der Waals surface area contributed by atoms with Crippen LogP contribution in [0.25, 0.3) is 0 Å². The number of hydrogen-bond acceptors (Lipinski definition) is 2. The van der Waals surface area contributed by atoms with Crippen molar-refractivity contribution in [3.8, 4) is 0 Å². The molecule has 0 saturated carbocycles. The number of nitrogens with zero attached hydrogens (tertiary/aromatic N) is 1. The lowest BCUT2D eigenvalue weighted by molar-refractivity contribution is -0.152. The second kappa shape index (κ2) is 2.90. The highest BCUT2D eigenvalue weighted by molar-refractivity contribution is 5.97. The first-order chi connectivity index (χ1) is 5.13. The van der Waals surface area contributed by atoms with Crippen LogP contribution in [0.3, 0.4) is 0 Å². The third-order valence-corrected chi connectivity index (χ3v) is 1.96. The van der Waals surface area contributed by atoms with E-state index in [4.69, 9.17) is 5.11 Å². The molecule has 0 bridgehead atoms. The van der Waals surface area contributed by atoms with Crippen molar-refractivity contribution in [3.05, 3.63) is 0 Å². The molecule has 0 spiro atoms. The van der Waals surface area contributed by atoms with Crippen LogP contribution in [0, 0.1) is 5.92 Å². The molecule has 1 amide bonds. The van der Waals surface area contributed by atoms with Crippen molar-refractivity contribution in [1.82, 2.24) is 4.90 Å². The van der Waals surface area contributed by atoms with Gasteiger partial charge in [-0.2, -0.15) is 0 Å². The van der Waals surface area contributed by atoms with Crippen molar-refractivity contribution < 1.29 is 14.7 Å². The smallest absolute Gasteiger partial charge is 0.316 e. The molecular weight excluding hydrogens is 146 g/mol. The Morgan fingerprint density at radius 1 is 1.73 bits per heavy atom. The van der Waals surface area contributed by atoms with Gasteiger partial charge in [0.2, 0.25) is 5.91 Å². The second-order valence-corrected chi connectivity index (χ2v) is 2.79. The highest BCUT2D eigenvalue weighted by atomic mass is 16.4. The minimum atomic E-state index is -0.999. The number of likely N-dealkylation sites (tertiary alicyclic amines) is 1. The van der Waals surface area contributed by atoms with E-state index in [9.17, 15) is 9.59 Å². The summed E-state index contributed by atoms with van der Waals surface area (Å²) < 4.78 is 0. The highest BCUT2D eigenvalue weighted by Gasteiger charge is 2.31. The van der Waals surface area contributed by atoms with Gasteiger partial charge in [-0.3, -0.25) is 9.59 Å². The molecule has 0 aromatic rings. The van der Waals surface area contributed by atoms with Gasteiger partial charge in [-0.05, 0) is 12.8 Å². The monoisotopic (exact) mass is 157 g/mol. The standard InChI is InChI=1S/C7H11NO3/c1-8-4-2-3-5(6(8)9)7(10)11/h5H,2-4H2,1H3,(H,10,11)/t5-/m1/s1. The fourth-order valence-electron chi connectivity index (χ4n) is 1.26. The summed E-state index contributed by atoms with van der Waals surface area (Å²) >= 11 is 0. The molecule has 11 heavy (non-hydrogen) atoms. The van der Waals surface area contributed by atoms with Gasteiger partial charge in [-0.1, -0.05) is 0 Å². The Labute approximate surface area is 64.8 Å². The molecule has 1 rings (SSSR count). The molecule has 0 radical (unpaired) electrons. The molecule has 1 N–H and O–H groups in total. The predicted molar refractivity (Wildman–Crippen MR) is 38.0 cm³/mol. The molecule has 1 saturated heterocycles. The maximum atomic E-state index is 11.1. The van der Waals surface area contributed by atoms with Gasteiger partial charge in [0, 0.05) is 13.6 Å². The number of carboxylic acids is 1. The van der Waals surface area contributed by atoms with E-state index in [-0.39, 0.29) is 5.91 Å². The minimum Gasteiger partial charge on any atom is -0.481 e. The maximum absolute atomic E-state index is 11.1. The Morgan fingerprint density at radius 3 is 2.82 bits per heavy atom. The first-order valence-electron chi connectivity index (χ1n) is 3.60. The third-order valence-electron chi connectivity index (χ3n) is 1.96. The number of carbonyl (C=O) groups excluding carboxylic acids is 1. The number of aliphatic carboxylic acids is 1.